The second-order valence-corrected chi connectivity index (χ2v) is 3.03. The number of rotatable bonds is 2. The minimum Gasteiger partial charge on any atom is -0.338 e. The van der Waals surface area contributed by atoms with E-state index in [2.05, 4.69) is 15.5 Å². The summed E-state index contributed by atoms with van der Waals surface area (Å²) in [6.07, 6.45) is 3.09. The second kappa shape index (κ2) is 3.91. The maximum Gasteiger partial charge on any atom is 0.259 e. The van der Waals surface area contributed by atoms with Gasteiger partial charge in [-0.25, -0.2) is 0 Å². The fourth-order valence-corrected chi connectivity index (χ4v) is 1.10. The van der Waals surface area contributed by atoms with Crippen LogP contribution >= 0.6 is 0 Å². The van der Waals surface area contributed by atoms with Gasteiger partial charge >= 0.3 is 0 Å². The Hall–Kier alpha value is -2.17. The molecule has 0 aromatic carbocycles. The highest BCUT2D eigenvalue weighted by molar-refractivity contribution is 6.03. The summed E-state index contributed by atoms with van der Waals surface area (Å²) in [7, 11) is 0. The number of nitrogens with zero attached hydrogens (tertiary/aromatic N) is 2. The van der Waals surface area contributed by atoms with Crippen molar-refractivity contribution < 1.29 is 9.32 Å². The van der Waals surface area contributed by atoms with Crippen LogP contribution in [0.1, 0.15) is 16.1 Å². The van der Waals surface area contributed by atoms with Crippen LogP contribution in [0.2, 0.25) is 0 Å². The van der Waals surface area contributed by atoms with Gasteiger partial charge in [0.15, 0.2) is 0 Å². The normalized spacial score (nSPS) is 9.93. The minimum atomic E-state index is -0.265. The lowest BCUT2D eigenvalue weighted by Gasteiger charge is -1.98. The highest BCUT2D eigenvalue weighted by Gasteiger charge is 2.08. The zero-order chi connectivity index (χ0) is 10.7. The molecule has 76 valence electrons. The van der Waals surface area contributed by atoms with Crippen LogP contribution in [0.5, 0.6) is 0 Å². The molecule has 0 fully saturated rings. The van der Waals surface area contributed by atoms with E-state index in [0.29, 0.717) is 11.4 Å². The topological polar surface area (TPSA) is 68.0 Å². The standard InChI is InChI=1S/C10H9N3O2/c1-7-5-9(15-13-7)12-10(14)8-3-2-4-11-6-8/h2-6H,1H3,(H,12,14). The third-order valence-electron chi connectivity index (χ3n) is 1.79. The molecule has 0 radical (unpaired) electrons. The number of carbonyl (C=O) groups excluding carboxylic acids is 1. The highest BCUT2D eigenvalue weighted by Crippen LogP contribution is 2.09. The molecular weight excluding hydrogens is 194 g/mol. The number of hydrogen-bond acceptors (Lipinski definition) is 4. The Kier molecular flexibility index (Phi) is 2.45. The molecule has 2 rings (SSSR count). The zero-order valence-corrected chi connectivity index (χ0v) is 8.10. The summed E-state index contributed by atoms with van der Waals surface area (Å²) >= 11 is 0. The van der Waals surface area contributed by atoms with Gasteiger partial charge in [0.1, 0.15) is 0 Å². The van der Waals surface area contributed by atoms with Gasteiger partial charge in [0.2, 0.25) is 5.88 Å². The van der Waals surface area contributed by atoms with Crippen molar-refractivity contribution in [2.45, 2.75) is 6.92 Å². The molecule has 5 nitrogen and oxygen atoms in total. The smallest absolute Gasteiger partial charge is 0.259 e. The molecule has 0 unspecified atom stereocenters. The molecule has 2 aromatic rings. The molecule has 15 heavy (non-hydrogen) atoms. The summed E-state index contributed by atoms with van der Waals surface area (Å²) in [5, 5.41) is 6.23. The van der Waals surface area contributed by atoms with E-state index in [1.165, 1.54) is 6.20 Å². The van der Waals surface area contributed by atoms with Crippen LogP contribution in [-0.2, 0) is 0 Å². The molecule has 5 heteroatoms. The lowest BCUT2D eigenvalue weighted by molar-refractivity contribution is 0.102. The molecule has 0 bridgehead atoms. The molecule has 0 saturated heterocycles. The van der Waals surface area contributed by atoms with Crippen LogP contribution in [0.3, 0.4) is 0 Å². The number of amides is 1. The van der Waals surface area contributed by atoms with E-state index in [4.69, 9.17) is 4.52 Å². The van der Waals surface area contributed by atoms with Crippen molar-refractivity contribution in [3.8, 4) is 0 Å². The average Bonchev–Trinajstić information content (AvgIpc) is 2.65. The van der Waals surface area contributed by atoms with Gasteiger partial charge in [0.25, 0.3) is 5.91 Å². The third kappa shape index (κ3) is 2.19. The number of nitrogens with one attached hydrogen (secondary N) is 1. The van der Waals surface area contributed by atoms with Crippen molar-refractivity contribution in [3.05, 3.63) is 41.9 Å². The lowest BCUT2D eigenvalue weighted by Crippen LogP contribution is -2.11. The van der Waals surface area contributed by atoms with Gasteiger partial charge in [-0.1, -0.05) is 5.16 Å². The van der Waals surface area contributed by atoms with Crippen molar-refractivity contribution in [3.63, 3.8) is 0 Å². The molecule has 2 aromatic heterocycles. The minimum absolute atomic E-state index is 0.265. The summed E-state index contributed by atoms with van der Waals surface area (Å²) in [4.78, 5) is 15.4. The first-order valence-electron chi connectivity index (χ1n) is 4.40. The third-order valence-corrected chi connectivity index (χ3v) is 1.79. The van der Waals surface area contributed by atoms with E-state index in [1.807, 2.05) is 0 Å². The van der Waals surface area contributed by atoms with Crippen molar-refractivity contribution in [2.75, 3.05) is 5.32 Å². The van der Waals surface area contributed by atoms with E-state index in [-0.39, 0.29) is 5.91 Å². The van der Waals surface area contributed by atoms with Crippen molar-refractivity contribution in [1.82, 2.24) is 10.1 Å². The van der Waals surface area contributed by atoms with Gasteiger partial charge < -0.3 is 4.52 Å². The second-order valence-electron chi connectivity index (χ2n) is 3.03. The lowest BCUT2D eigenvalue weighted by atomic mass is 10.3. The number of carbonyl (C=O) groups is 1. The zero-order valence-electron chi connectivity index (χ0n) is 8.10. The Bertz CT molecular complexity index is 465. The van der Waals surface area contributed by atoms with Crippen LogP contribution in [0.15, 0.2) is 35.1 Å². The first kappa shape index (κ1) is 9.39. The van der Waals surface area contributed by atoms with Gasteiger partial charge in [-0.2, -0.15) is 0 Å². The number of anilines is 1. The molecule has 1 amide bonds. The Balaban J connectivity index is 2.11. The largest absolute Gasteiger partial charge is 0.338 e. The molecule has 0 aliphatic carbocycles. The summed E-state index contributed by atoms with van der Waals surface area (Å²) in [5.74, 6) is 0.0700. The molecule has 0 saturated carbocycles. The van der Waals surface area contributed by atoms with E-state index in [1.54, 1.807) is 31.3 Å². The number of aryl methyl sites for hydroxylation is 1. The molecule has 0 aliphatic rings. The van der Waals surface area contributed by atoms with Crippen LogP contribution in [0.4, 0.5) is 5.88 Å². The summed E-state index contributed by atoms with van der Waals surface area (Å²) in [5.41, 5.74) is 1.20. The number of pyridine rings is 1. The number of aromatic nitrogens is 2. The number of hydrogen-bond donors (Lipinski definition) is 1. The summed E-state index contributed by atoms with van der Waals surface area (Å²) in [6, 6.07) is 5.01. The van der Waals surface area contributed by atoms with Crippen molar-refractivity contribution >= 4 is 11.8 Å². The predicted octanol–water partition coefficient (Wildman–Crippen LogP) is 1.63. The Morgan fingerprint density at radius 1 is 1.53 bits per heavy atom. The van der Waals surface area contributed by atoms with Crippen LogP contribution in [0, 0.1) is 6.92 Å². The summed E-state index contributed by atoms with van der Waals surface area (Å²) < 4.78 is 4.85. The highest BCUT2D eigenvalue weighted by atomic mass is 16.5. The van der Waals surface area contributed by atoms with E-state index >= 15 is 0 Å². The molecule has 2 heterocycles. The van der Waals surface area contributed by atoms with Gasteiger partial charge in [0.05, 0.1) is 11.3 Å². The maximum atomic E-state index is 11.6. The molecule has 0 atom stereocenters. The predicted molar refractivity (Wildman–Crippen MR) is 53.4 cm³/mol. The molecule has 0 spiro atoms. The SMILES string of the molecule is Cc1cc(NC(=O)c2cccnc2)on1. The molecular formula is C10H9N3O2. The first-order chi connectivity index (χ1) is 7.25. The first-order valence-corrected chi connectivity index (χ1v) is 4.40. The Morgan fingerprint density at radius 3 is 3.00 bits per heavy atom. The van der Waals surface area contributed by atoms with Crippen molar-refractivity contribution in [2.24, 2.45) is 0 Å². The van der Waals surface area contributed by atoms with Gasteiger partial charge in [-0.05, 0) is 19.1 Å². The molecule has 0 aliphatic heterocycles. The average molecular weight is 203 g/mol. The quantitative estimate of drug-likeness (QED) is 0.805. The monoisotopic (exact) mass is 203 g/mol. The Labute approximate surface area is 86.1 Å². The Morgan fingerprint density at radius 2 is 2.40 bits per heavy atom. The van der Waals surface area contributed by atoms with E-state index in [0.717, 1.165) is 5.69 Å². The fourth-order valence-electron chi connectivity index (χ4n) is 1.10. The molecule has 1 N–H and O–H groups in total. The van der Waals surface area contributed by atoms with Gasteiger partial charge in [-0.3, -0.25) is 15.1 Å². The van der Waals surface area contributed by atoms with Crippen LogP contribution < -0.4 is 5.32 Å². The van der Waals surface area contributed by atoms with Crippen LogP contribution in [-0.4, -0.2) is 16.0 Å². The van der Waals surface area contributed by atoms with Crippen LogP contribution in [0.25, 0.3) is 0 Å². The fraction of sp³-hybridized carbons (Fsp3) is 0.100. The van der Waals surface area contributed by atoms with Crippen molar-refractivity contribution in [1.29, 1.82) is 0 Å². The summed E-state index contributed by atoms with van der Waals surface area (Å²) in [6.45, 7) is 1.78. The maximum absolute atomic E-state index is 11.6. The van der Waals surface area contributed by atoms with E-state index < -0.39 is 0 Å². The van der Waals surface area contributed by atoms with Gasteiger partial charge in [-0.15, -0.1) is 0 Å². The van der Waals surface area contributed by atoms with E-state index in [9.17, 15) is 4.79 Å². The van der Waals surface area contributed by atoms with Gasteiger partial charge in [0, 0.05) is 18.5 Å².